The Morgan fingerprint density at radius 1 is 1.25 bits per heavy atom. The van der Waals surface area contributed by atoms with Gasteiger partial charge in [0.1, 0.15) is 5.84 Å². The van der Waals surface area contributed by atoms with E-state index in [0.717, 1.165) is 11.4 Å². The van der Waals surface area contributed by atoms with E-state index in [1.807, 2.05) is 38.1 Å². The Bertz CT molecular complexity index is 522. The molecule has 0 aliphatic rings. The van der Waals surface area contributed by atoms with Gasteiger partial charge in [-0.05, 0) is 26.0 Å². The molecule has 0 aliphatic heterocycles. The van der Waals surface area contributed by atoms with Crippen LogP contribution in [0, 0.1) is 19.3 Å². The van der Waals surface area contributed by atoms with E-state index >= 15 is 0 Å². The van der Waals surface area contributed by atoms with Gasteiger partial charge in [-0.1, -0.05) is 17.7 Å². The van der Waals surface area contributed by atoms with Crippen molar-refractivity contribution in [2.45, 2.75) is 13.8 Å². The van der Waals surface area contributed by atoms with Gasteiger partial charge < -0.3 is 5.73 Å². The number of aromatic nitrogens is 2. The molecular formula is C12H14N4. The summed E-state index contributed by atoms with van der Waals surface area (Å²) < 4.78 is 1.79. The summed E-state index contributed by atoms with van der Waals surface area (Å²) in [7, 11) is 0. The summed E-state index contributed by atoms with van der Waals surface area (Å²) in [6.07, 6.45) is 1.62. The molecule has 2 aromatic rings. The van der Waals surface area contributed by atoms with Gasteiger partial charge in [-0.15, -0.1) is 0 Å². The maximum Gasteiger partial charge on any atom is 0.126 e. The highest BCUT2D eigenvalue weighted by atomic mass is 15.3. The number of rotatable bonds is 2. The lowest BCUT2D eigenvalue weighted by molar-refractivity contribution is 0.846. The number of aryl methyl sites for hydroxylation is 1. The standard InChI is InChI=1S/C12H14N4/c1-8-3-5-10(6-4-8)16-9(2)11(7-15-16)12(13)14/h3-7H,1-2H3,(H3,13,14). The summed E-state index contributed by atoms with van der Waals surface area (Å²) in [6.45, 7) is 3.95. The van der Waals surface area contributed by atoms with Gasteiger partial charge >= 0.3 is 0 Å². The highest BCUT2D eigenvalue weighted by Gasteiger charge is 2.09. The van der Waals surface area contributed by atoms with Crippen LogP contribution >= 0.6 is 0 Å². The third-order valence-corrected chi connectivity index (χ3v) is 2.58. The van der Waals surface area contributed by atoms with Crippen LogP contribution in [0.4, 0.5) is 0 Å². The minimum atomic E-state index is 0.0517. The quantitative estimate of drug-likeness (QED) is 0.591. The van der Waals surface area contributed by atoms with E-state index in [1.54, 1.807) is 10.9 Å². The predicted octanol–water partition coefficient (Wildman–Crippen LogP) is 1.77. The second kappa shape index (κ2) is 3.81. The SMILES string of the molecule is Cc1ccc(-n2ncc(C(=N)N)c2C)cc1. The topological polar surface area (TPSA) is 67.7 Å². The fourth-order valence-electron chi connectivity index (χ4n) is 1.62. The van der Waals surface area contributed by atoms with E-state index in [9.17, 15) is 0 Å². The van der Waals surface area contributed by atoms with Crippen LogP contribution in [0.25, 0.3) is 5.69 Å². The van der Waals surface area contributed by atoms with Gasteiger partial charge in [-0.2, -0.15) is 5.10 Å². The molecule has 1 aromatic heterocycles. The Morgan fingerprint density at radius 3 is 2.38 bits per heavy atom. The van der Waals surface area contributed by atoms with Gasteiger partial charge in [0.2, 0.25) is 0 Å². The highest BCUT2D eigenvalue weighted by Crippen LogP contribution is 2.14. The number of benzene rings is 1. The molecule has 2 rings (SSSR count). The molecular weight excluding hydrogens is 200 g/mol. The second-order valence-corrected chi connectivity index (χ2v) is 3.80. The van der Waals surface area contributed by atoms with Crippen LogP contribution in [-0.2, 0) is 0 Å². The average Bonchev–Trinajstić information content (AvgIpc) is 2.61. The highest BCUT2D eigenvalue weighted by molar-refractivity contribution is 5.95. The zero-order valence-corrected chi connectivity index (χ0v) is 9.36. The molecule has 0 amide bonds. The molecule has 0 radical (unpaired) electrons. The van der Waals surface area contributed by atoms with Crippen molar-refractivity contribution in [3.05, 3.63) is 47.3 Å². The summed E-state index contributed by atoms with van der Waals surface area (Å²) >= 11 is 0. The van der Waals surface area contributed by atoms with Crippen molar-refractivity contribution >= 4 is 5.84 Å². The second-order valence-electron chi connectivity index (χ2n) is 3.80. The lowest BCUT2D eigenvalue weighted by Gasteiger charge is -2.05. The average molecular weight is 214 g/mol. The van der Waals surface area contributed by atoms with Gasteiger partial charge in [0, 0.05) is 0 Å². The van der Waals surface area contributed by atoms with Crippen LogP contribution in [0.3, 0.4) is 0 Å². The van der Waals surface area contributed by atoms with Crippen molar-refractivity contribution in [2.75, 3.05) is 0 Å². The minimum Gasteiger partial charge on any atom is -0.384 e. The minimum absolute atomic E-state index is 0.0517. The zero-order valence-electron chi connectivity index (χ0n) is 9.36. The van der Waals surface area contributed by atoms with Crippen LogP contribution in [0.1, 0.15) is 16.8 Å². The summed E-state index contributed by atoms with van der Waals surface area (Å²) in [4.78, 5) is 0. The first-order valence-corrected chi connectivity index (χ1v) is 5.05. The van der Waals surface area contributed by atoms with E-state index in [-0.39, 0.29) is 5.84 Å². The van der Waals surface area contributed by atoms with Crippen LogP contribution in [0.5, 0.6) is 0 Å². The zero-order chi connectivity index (χ0) is 11.7. The number of nitrogens with one attached hydrogen (secondary N) is 1. The van der Waals surface area contributed by atoms with E-state index < -0.39 is 0 Å². The first-order valence-electron chi connectivity index (χ1n) is 5.05. The summed E-state index contributed by atoms with van der Waals surface area (Å²) in [5.41, 5.74) is 9.22. The Kier molecular flexibility index (Phi) is 2.48. The normalized spacial score (nSPS) is 10.4. The number of amidine groups is 1. The fraction of sp³-hybridized carbons (Fsp3) is 0.167. The lowest BCUT2D eigenvalue weighted by Crippen LogP contribution is -2.12. The largest absolute Gasteiger partial charge is 0.384 e. The Hall–Kier alpha value is -2.10. The summed E-state index contributed by atoms with van der Waals surface area (Å²) in [5.74, 6) is 0.0517. The Balaban J connectivity index is 2.49. The van der Waals surface area contributed by atoms with E-state index in [1.165, 1.54) is 5.56 Å². The van der Waals surface area contributed by atoms with Crippen LogP contribution in [0.15, 0.2) is 30.5 Å². The van der Waals surface area contributed by atoms with Gasteiger partial charge in [0.15, 0.2) is 0 Å². The van der Waals surface area contributed by atoms with Crippen molar-refractivity contribution in [3.63, 3.8) is 0 Å². The molecule has 0 bridgehead atoms. The molecule has 16 heavy (non-hydrogen) atoms. The first kappa shape index (κ1) is 10.4. The van der Waals surface area contributed by atoms with Crippen LogP contribution in [0.2, 0.25) is 0 Å². The summed E-state index contributed by atoms with van der Waals surface area (Å²) in [6, 6.07) is 8.06. The summed E-state index contributed by atoms with van der Waals surface area (Å²) in [5, 5.41) is 11.6. The lowest BCUT2D eigenvalue weighted by atomic mass is 10.2. The molecule has 1 aromatic carbocycles. The van der Waals surface area contributed by atoms with Crippen molar-refractivity contribution in [2.24, 2.45) is 5.73 Å². The molecule has 1 heterocycles. The molecule has 0 saturated carbocycles. The maximum atomic E-state index is 7.41. The Morgan fingerprint density at radius 2 is 1.88 bits per heavy atom. The smallest absolute Gasteiger partial charge is 0.126 e. The molecule has 0 fully saturated rings. The van der Waals surface area contributed by atoms with Crippen molar-refractivity contribution in [1.29, 1.82) is 5.41 Å². The Labute approximate surface area is 94.2 Å². The monoisotopic (exact) mass is 214 g/mol. The number of hydrogen-bond donors (Lipinski definition) is 2. The number of nitrogens with two attached hydrogens (primary N) is 1. The molecule has 4 heteroatoms. The fourth-order valence-corrected chi connectivity index (χ4v) is 1.62. The van der Waals surface area contributed by atoms with E-state index in [4.69, 9.17) is 11.1 Å². The molecule has 4 nitrogen and oxygen atoms in total. The molecule has 0 spiro atoms. The number of hydrogen-bond acceptors (Lipinski definition) is 2. The van der Waals surface area contributed by atoms with Gasteiger partial charge in [-0.25, -0.2) is 4.68 Å². The third-order valence-electron chi connectivity index (χ3n) is 2.58. The molecule has 0 atom stereocenters. The van der Waals surface area contributed by atoms with Crippen molar-refractivity contribution in [3.8, 4) is 5.69 Å². The van der Waals surface area contributed by atoms with Crippen LogP contribution < -0.4 is 5.73 Å². The number of nitrogens with zero attached hydrogens (tertiary/aromatic N) is 2. The van der Waals surface area contributed by atoms with Gasteiger partial charge in [0.25, 0.3) is 0 Å². The predicted molar refractivity (Wildman–Crippen MR) is 64.1 cm³/mol. The molecule has 82 valence electrons. The van der Waals surface area contributed by atoms with Gasteiger partial charge in [0.05, 0.1) is 23.1 Å². The number of nitrogen functional groups attached to an aromatic ring is 1. The van der Waals surface area contributed by atoms with Crippen molar-refractivity contribution in [1.82, 2.24) is 9.78 Å². The molecule has 0 saturated heterocycles. The van der Waals surface area contributed by atoms with Crippen LogP contribution in [-0.4, -0.2) is 15.6 Å². The first-order chi connectivity index (χ1) is 7.59. The van der Waals surface area contributed by atoms with E-state index in [0.29, 0.717) is 5.56 Å². The third kappa shape index (κ3) is 1.69. The molecule has 0 unspecified atom stereocenters. The van der Waals surface area contributed by atoms with Gasteiger partial charge in [-0.3, -0.25) is 5.41 Å². The van der Waals surface area contributed by atoms with Crippen molar-refractivity contribution < 1.29 is 0 Å². The molecule has 3 N–H and O–H groups in total. The van der Waals surface area contributed by atoms with E-state index in [2.05, 4.69) is 5.10 Å². The maximum absolute atomic E-state index is 7.41. The molecule has 0 aliphatic carbocycles.